The first-order chi connectivity index (χ1) is 9.54. The van der Waals surface area contributed by atoms with Crippen LogP contribution in [0, 0.1) is 5.82 Å². The van der Waals surface area contributed by atoms with E-state index >= 15 is 0 Å². The van der Waals surface area contributed by atoms with Crippen molar-refractivity contribution in [2.45, 2.75) is 4.90 Å². The molecule has 0 spiro atoms. The summed E-state index contributed by atoms with van der Waals surface area (Å²) in [6.07, 6.45) is 1.49. The van der Waals surface area contributed by atoms with Crippen LogP contribution < -0.4 is 4.72 Å². The second-order valence-corrected chi connectivity index (χ2v) is 5.88. The largest absolute Gasteiger partial charge is 0.345 e. The summed E-state index contributed by atoms with van der Waals surface area (Å²) in [7, 11) is -3.76. The molecular weight excluding hydrogens is 281 g/mol. The second kappa shape index (κ2) is 4.61. The van der Waals surface area contributed by atoms with Crippen molar-refractivity contribution < 1.29 is 12.8 Å². The molecule has 1 aromatic heterocycles. The molecule has 0 aliphatic heterocycles. The first kappa shape index (κ1) is 12.6. The first-order valence-corrected chi connectivity index (χ1v) is 7.24. The minimum atomic E-state index is -3.76. The molecule has 2 N–H and O–H groups in total. The SMILES string of the molecule is O=S(=O)(Nc1cccc(F)c1)c1ccc2nc[nH]c2c1. The average molecular weight is 291 g/mol. The molecule has 1 heterocycles. The van der Waals surface area contributed by atoms with Crippen molar-refractivity contribution in [3.05, 3.63) is 54.6 Å². The number of nitrogens with zero attached hydrogens (tertiary/aromatic N) is 1. The molecule has 0 saturated heterocycles. The fourth-order valence-electron chi connectivity index (χ4n) is 1.85. The number of sulfonamides is 1. The van der Waals surface area contributed by atoms with E-state index in [-0.39, 0.29) is 10.6 Å². The average Bonchev–Trinajstić information content (AvgIpc) is 2.85. The maximum Gasteiger partial charge on any atom is 0.261 e. The molecule has 0 aliphatic carbocycles. The van der Waals surface area contributed by atoms with Crippen LogP contribution >= 0.6 is 0 Å². The van der Waals surface area contributed by atoms with Crippen LogP contribution in [0.5, 0.6) is 0 Å². The predicted octanol–water partition coefficient (Wildman–Crippen LogP) is 2.50. The molecule has 3 rings (SSSR count). The van der Waals surface area contributed by atoms with Crippen molar-refractivity contribution in [3.63, 3.8) is 0 Å². The number of benzene rings is 2. The summed E-state index contributed by atoms with van der Waals surface area (Å²) in [6, 6.07) is 9.81. The maximum absolute atomic E-state index is 13.1. The Balaban J connectivity index is 1.98. The van der Waals surface area contributed by atoms with Gasteiger partial charge in [-0.25, -0.2) is 17.8 Å². The number of rotatable bonds is 3. The van der Waals surface area contributed by atoms with Gasteiger partial charge < -0.3 is 4.98 Å². The van der Waals surface area contributed by atoms with Crippen LogP contribution in [0.25, 0.3) is 11.0 Å². The molecule has 102 valence electrons. The van der Waals surface area contributed by atoms with Crippen LogP contribution in [-0.2, 0) is 10.0 Å². The number of anilines is 1. The van der Waals surface area contributed by atoms with Gasteiger partial charge in [-0.05, 0) is 36.4 Å². The van der Waals surface area contributed by atoms with Crippen molar-refractivity contribution in [2.75, 3.05) is 4.72 Å². The van der Waals surface area contributed by atoms with Gasteiger partial charge in [0.2, 0.25) is 0 Å². The van der Waals surface area contributed by atoms with Crippen LogP contribution in [0.4, 0.5) is 10.1 Å². The summed E-state index contributed by atoms with van der Waals surface area (Å²) in [5.74, 6) is -0.505. The fraction of sp³-hybridized carbons (Fsp3) is 0. The minimum absolute atomic E-state index is 0.0820. The Morgan fingerprint density at radius 2 is 2.00 bits per heavy atom. The van der Waals surface area contributed by atoms with E-state index in [1.54, 1.807) is 6.07 Å². The zero-order valence-corrected chi connectivity index (χ0v) is 11.0. The van der Waals surface area contributed by atoms with Crippen molar-refractivity contribution in [2.24, 2.45) is 0 Å². The van der Waals surface area contributed by atoms with Crippen LogP contribution in [0.15, 0.2) is 53.7 Å². The molecule has 20 heavy (non-hydrogen) atoms. The molecule has 0 saturated carbocycles. The highest BCUT2D eigenvalue weighted by molar-refractivity contribution is 7.92. The molecular formula is C13H10FN3O2S. The summed E-state index contributed by atoms with van der Waals surface area (Å²) in [5.41, 5.74) is 1.47. The molecule has 0 aliphatic rings. The lowest BCUT2D eigenvalue weighted by molar-refractivity contribution is 0.601. The first-order valence-electron chi connectivity index (χ1n) is 5.76. The van der Waals surface area contributed by atoms with E-state index in [1.807, 2.05) is 0 Å². The Hall–Kier alpha value is -2.41. The quantitative estimate of drug-likeness (QED) is 0.778. The molecule has 0 atom stereocenters. The highest BCUT2D eigenvalue weighted by Crippen LogP contribution is 2.19. The third-order valence-electron chi connectivity index (χ3n) is 2.78. The summed E-state index contributed by atoms with van der Waals surface area (Å²) in [4.78, 5) is 6.94. The number of halogens is 1. The van der Waals surface area contributed by atoms with Crippen LogP contribution in [0.3, 0.4) is 0 Å². The highest BCUT2D eigenvalue weighted by atomic mass is 32.2. The van der Waals surface area contributed by atoms with Gasteiger partial charge in [0, 0.05) is 0 Å². The molecule has 0 bridgehead atoms. The lowest BCUT2D eigenvalue weighted by Gasteiger charge is -2.08. The lowest BCUT2D eigenvalue weighted by Crippen LogP contribution is -2.12. The molecule has 0 fully saturated rings. The summed E-state index contributed by atoms with van der Waals surface area (Å²) in [5, 5.41) is 0. The van der Waals surface area contributed by atoms with Crippen molar-refractivity contribution in [3.8, 4) is 0 Å². The van der Waals surface area contributed by atoms with Crippen LogP contribution in [0.2, 0.25) is 0 Å². The number of nitrogens with one attached hydrogen (secondary N) is 2. The molecule has 0 amide bonds. The van der Waals surface area contributed by atoms with Gasteiger partial charge in [-0.15, -0.1) is 0 Å². The third-order valence-corrected chi connectivity index (χ3v) is 4.16. The van der Waals surface area contributed by atoms with Crippen LogP contribution in [0.1, 0.15) is 0 Å². The van der Waals surface area contributed by atoms with Gasteiger partial charge in [0.15, 0.2) is 0 Å². The molecule has 3 aromatic rings. The Kier molecular flexibility index (Phi) is 2.90. The lowest BCUT2D eigenvalue weighted by atomic mass is 10.3. The van der Waals surface area contributed by atoms with E-state index in [9.17, 15) is 12.8 Å². The topological polar surface area (TPSA) is 74.8 Å². The van der Waals surface area contributed by atoms with E-state index in [0.29, 0.717) is 11.0 Å². The Morgan fingerprint density at radius 1 is 1.15 bits per heavy atom. The normalized spacial score (nSPS) is 11.7. The minimum Gasteiger partial charge on any atom is -0.345 e. The van der Waals surface area contributed by atoms with Gasteiger partial charge in [0.25, 0.3) is 10.0 Å². The van der Waals surface area contributed by atoms with Crippen LogP contribution in [-0.4, -0.2) is 18.4 Å². The van der Waals surface area contributed by atoms with E-state index in [0.717, 1.165) is 6.07 Å². The Labute approximate surface area is 114 Å². The molecule has 0 radical (unpaired) electrons. The molecule has 7 heteroatoms. The summed E-state index contributed by atoms with van der Waals surface area (Å²) in [6.45, 7) is 0. The Morgan fingerprint density at radius 3 is 2.80 bits per heavy atom. The third kappa shape index (κ3) is 2.35. The van der Waals surface area contributed by atoms with Gasteiger partial charge >= 0.3 is 0 Å². The summed E-state index contributed by atoms with van der Waals surface area (Å²) >= 11 is 0. The van der Waals surface area contributed by atoms with E-state index in [2.05, 4.69) is 14.7 Å². The number of imidazole rings is 1. The zero-order valence-electron chi connectivity index (χ0n) is 10.2. The number of aromatic nitrogens is 2. The van der Waals surface area contributed by atoms with E-state index in [4.69, 9.17) is 0 Å². The van der Waals surface area contributed by atoms with Crippen molar-refractivity contribution >= 4 is 26.7 Å². The van der Waals surface area contributed by atoms with Gasteiger partial charge in [0.05, 0.1) is 27.9 Å². The Bertz CT molecular complexity index is 874. The van der Waals surface area contributed by atoms with Gasteiger partial charge in [-0.1, -0.05) is 6.07 Å². The highest BCUT2D eigenvalue weighted by Gasteiger charge is 2.15. The monoisotopic (exact) mass is 291 g/mol. The number of hydrogen-bond donors (Lipinski definition) is 2. The smallest absolute Gasteiger partial charge is 0.261 e. The number of hydrogen-bond acceptors (Lipinski definition) is 3. The number of H-pyrrole nitrogens is 1. The number of aromatic amines is 1. The zero-order chi connectivity index (χ0) is 14.2. The van der Waals surface area contributed by atoms with Crippen molar-refractivity contribution in [1.29, 1.82) is 0 Å². The van der Waals surface area contributed by atoms with Gasteiger partial charge in [-0.3, -0.25) is 4.72 Å². The number of fused-ring (bicyclic) bond motifs is 1. The standard InChI is InChI=1S/C13H10FN3O2S/c14-9-2-1-3-10(6-9)17-20(18,19)11-4-5-12-13(7-11)16-8-15-12/h1-8,17H,(H,15,16). The molecule has 0 unspecified atom stereocenters. The van der Waals surface area contributed by atoms with E-state index in [1.165, 1.54) is 36.7 Å². The van der Waals surface area contributed by atoms with Gasteiger partial charge in [-0.2, -0.15) is 0 Å². The summed E-state index contributed by atoms with van der Waals surface area (Å²) < 4.78 is 39.8. The fourth-order valence-corrected chi connectivity index (χ4v) is 2.92. The molecule has 2 aromatic carbocycles. The van der Waals surface area contributed by atoms with E-state index < -0.39 is 15.8 Å². The maximum atomic E-state index is 13.1. The van der Waals surface area contributed by atoms with Crippen molar-refractivity contribution in [1.82, 2.24) is 9.97 Å². The predicted molar refractivity (Wildman–Crippen MR) is 73.3 cm³/mol. The van der Waals surface area contributed by atoms with Gasteiger partial charge in [0.1, 0.15) is 5.82 Å². The second-order valence-electron chi connectivity index (χ2n) is 4.20. The molecule has 5 nitrogen and oxygen atoms in total.